The van der Waals surface area contributed by atoms with Crippen molar-refractivity contribution in [2.75, 3.05) is 19.6 Å². The van der Waals surface area contributed by atoms with Crippen molar-refractivity contribution in [3.05, 3.63) is 39.9 Å². The number of thiazole rings is 1. The Kier molecular flexibility index (Phi) is 4.22. The van der Waals surface area contributed by atoms with Crippen molar-refractivity contribution in [1.29, 1.82) is 0 Å². The Labute approximate surface area is 148 Å². The van der Waals surface area contributed by atoms with Crippen molar-refractivity contribution >= 4 is 33.2 Å². The maximum absolute atomic E-state index is 12.5. The third-order valence-corrected chi connectivity index (χ3v) is 6.32. The number of fused-ring (bicyclic) bond motifs is 3. The second-order valence-electron chi connectivity index (χ2n) is 6.26. The molecule has 3 aliphatic rings. The minimum Gasteiger partial charge on any atom is -0.346 e. The van der Waals surface area contributed by atoms with Gasteiger partial charge in [-0.15, -0.1) is 11.3 Å². The molecule has 0 saturated carbocycles. The molecule has 1 amide bonds. The molecule has 6 heteroatoms. The number of carbonyl (C=O) groups excluding carboxylic acids is 1. The fourth-order valence-electron chi connectivity index (χ4n) is 3.51. The second kappa shape index (κ2) is 6.34. The topological polar surface area (TPSA) is 45.2 Å². The van der Waals surface area contributed by atoms with E-state index in [0.29, 0.717) is 10.9 Å². The summed E-state index contributed by atoms with van der Waals surface area (Å²) < 4.78 is 1.03. The predicted octanol–water partition coefficient (Wildman–Crippen LogP) is 3.40. The Hall–Kier alpha value is -1.24. The molecule has 0 aliphatic carbocycles. The fourth-order valence-corrected chi connectivity index (χ4v) is 4.73. The lowest BCUT2D eigenvalue weighted by Gasteiger charge is -2.44. The van der Waals surface area contributed by atoms with E-state index >= 15 is 0 Å². The molecule has 23 heavy (non-hydrogen) atoms. The van der Waals surface area contributed by atoms with E-state index in [0.717, 1.165) is 21.5 Å². The van der Waals surface area contributed by atoms with E-state index in [4.69, 9.17) is 0 Å². The zero-order chi connectivity index (χ0) is 15.8. The summed E-state index contributed by atoms with van der Waals surface area (Å²) >= 11 is 4.93. The van der Waals surface area contributed by atoms with Crippen LogP contribution in [-0.2, 0) is 0 Å². The van der Waals surface area contributed by atoms with Crippen LogP contribution in [0.15, 0.2) is 34.9 Å². The van der Waals surface area contributed by atoms with Gasteiger partial charge in [-0.3, -0.25) is 4.79 Å². The molecule has 0 radical (unpaired) electrons. The van der Waals surface area contributed by atoms with Gasteiger partial charge in [0.1, 0.15) is 0 Å². The Balaban J connectivity index is 1.47. The minimum atomic E-state index is -0.0324. The molecule has 1 N–H and O–H groups in total. The lowest BCUT2D eigenvalue weighted by Crippen LogP contribution is -2.57. The van der Waals surface area contributed by atoms with Crippen LogP contribution in [0.3, 0.4) is 0 Å². The van der Waals surface area contributed by atoms with Crippen LogP contribution < -0.4 is 5.32 Å². The molecule has 1 atom stereocenters. The van der Waals surface area contributed by atoms with Crippen molar-refractivity contribution in [2.24, 2.45) is 5.92 Å². The van der Waals surface area contributed by atoms with E-state index in [9.17, 15) is 4.79 Å². The SMILES string of the molecule is O=C(N[C@H]1CN2CCC1CC2)c1ncc(-c2cccc(Br)c2)s1. The first-order valence-electron chi connectivity index (χ1n) is 7.94. The summed E-state index contributed by atoms with van der Waals surface area (Å²) in [6, 6.07) is 8.34. The van der Waals surface area contributed by atoms with E-state index in [1.165, 1.54) is 37.3 Å². The molecular formula is C17H18BrN3OS. The summed E-state index contributed by atoms with van der Waals surface area (Å²) in [7, 11) is 0. The molecule has 0 spiro atoms. The third-order valence-electron chi connectivity index (χ3n) is 4.78. The lowest BCUT2D eigenvalue weighted by molar-refractivity contribution is 0.0620. The predicted molar refractivity (Wildman–Crippen MR) is 95.7 cm³/mol. The first-order chi connectivity index (χ1) is 11.2. The largest absolute Gasteiger partial charge is 0.346 e. The summed E-state index contributed by atoms with van der Waals surface area (Å²) in [5, 5.41) is 3.75. The van der Waals surface area contributed by atoms with Gasteiger partial charge in [-0.2, -0.15) is 0 Å². The molecule has 2 bridgehead atoms. The van der Waals surface area contributed by atoms with E-state index in [1.807, 2.05) is 24.3 Å². The standard InChI is InChI=1S/C17H18BrN3OS/c18-13-3-1-2-12(8-13)15-9-19-17(23-15)16(22)20-14-10-21-6-4-11(14)5-7-21/h1-3,8-9,11,14H,4-7,10H2,(H,20,22)/t14-/m0/s1. The molecule has 4 nitrogen and oxygen atoms in total. The van der Waals surface area contributed by atoms with Gasteiger partial charge in [-0.1, -0.05) is 28.1 Å². The maximum Gasteiger partial charge on any atom is 0.280 e. The van der Waals surface area contributed by atoms with Crippen LogP contribution in [0.5, 0.6) is 0 Å². The number of benzene rings is 1. The van der Waals surface area contributed by atoms with Gasteiger partial charge in [0.2, 0.25) is 0 Å². The van der Waals surface area contributed by atoms with Crippen LogP contribution in [0.2, 0.25) is 0 Å². The van der Waals surface area contributed by atoms with Crippen molar-refractivity contribution < 1.29 is 4.79 Å². The van der Waals surface area contributed by atoms with E-state index < -0.39 is 0 Å². The zero-order valence-electron chi connectivity index (χ0n) is 12.7. The van der Waals surface area contributed by atoms with Crippen LogP contribution in [0.1, 0.15) is 22.6 Å². The molecule has 3 fully saturated rings. The number of hydrogen-bond acceptors (Lipinski definition) is 4. The third kappa shape index (κ3) is 3.20. The zero-order valence-corrected chi connectivity index (χ0v) is 15.1. The highest BCUT2D eigenvalue weighted by Crippen LogP contribution is 2.30. The first-order valence-corrected chi connectivity index (χ1v) is 9.55. The number of rotatable bonds is 3. The van der Waals surface area contributed by atoms with Crippen molar-refractivity contribution in [3.8, 4) is 10.4 Å². The van der Waals surface area contributed by atoms with E-state index in [-0.39, 0.29) is 11.9 Å². The maximum atomic E-state index is 12.5. The Morgan fingerprint density at radius 2 is 2.17 bits per heavy atom. The van der Waals surface area contributed by atoms with Crippen molar-refractivity contribution in [2.45, 2.75) is 18.9 Å². The van der Waals surface area contributed by atoms with Gasteiger partial charge in [0.25, 0.3) is 5.91 Å². The van der Waals surface area contributed by atoms with Crippen LogP contribution in [0.25, 0.3) is 10.4 Å². The molecule has 5 rings (SSSR count). The van der Waals surface area contributed by atoms with Crippen molar-refractivity contribution in [1.82, 2.24) is 15.2 Å². The quantitative estimate of drug-likeness (QED) is 0.871. The van der Waals surface area contributed by atoms with Gasteiger partial charge in [0.05, 0.1) is 4.88 Å². The number of halogens is 1. The lowest BCUT2D eigenvalue weighted by atomic mass is 9.84. The van der Waals surface area contributed by atoms with Gasteiger partial charge in [0.15, 0.2) is 5.01 Å². The average Bonchev–Trinajstić information content (AvgIpc) is 3.06. The van der Waals surface area contributed by atoms with Crippen molar-refractivity contribution in [3.63, 3.8) is 0 Å². The highest BCUT2D eigenvalue weighted by atomic mass is 79.9. The van der Waals surface area contributed by atoms with Crippen LogP contribution >= 0.6 is 27.3 Å². The number of carbonyl (C=O) groups is 1. The molecule has 120 valence electrons. The Morgan fingerprint density at radius 3 is 2.87 bits per heavy atom. The minimum absolute atomic E-state index is 0.0324. The van der Waals surface area contributed by atoms with Gasteiger partial charge < -0.3 is 10.2 Å². The number of aromatic nitrogens is 1. The summed E-state index contributed by atoms with van der Waals surface area (Å²) in [6.45, 7) is 3.35. The summed E-state index contributed by atoms with van der Waals surface area (Å²) in [4.78, 5) is 20.3. The molecule has 3 saturated heterocycles. The smallest absolute Gasteiger partial charge is 0.280 e. The number of hydrogen-bond donors (Lipinski definition) is 1. The van der Waals surface area contributed by atoms with Gasteiger partial charge in [-0.25, -0.2) is 4.98 Å². The monoisotopic (exact) mass is 391 g/mol. The summed E-state index contributed by atoms with van der Waals surface area (Å²) in [5.74, 6) is 0.600. The highest BCUT2D eigenvalue weighted by molar-refractivity contribution is 9.10. The molecule has 0 unspecified atom stereocenters. The van der Waals surface area contributed by atoms with Crippen LogP contribution in [0.4, 0.5) is 0 Å². The Morgan fingerprint density at radius 1 is 1.35 bits per heavy atom. The highest BCUT2D eigenvalue weighted by Gasteiger charge is 2.35. The van der Waals surface area contributed by atoms with Gasteiger partial charge in [0, 0.05) is 23.3 Å². The van der Waals surface area contributed by atoms with Gasteiger partial charge >= 0.3 is 0 Å². The van der Waals surface area contributed by atoms with Gasteiger partial charge in [-0.05, 0) is 49.5 Å². The number of amides is 1. The molecule has 1 aromatic heterocycles. The average molecular weight is 392 g/mol. The molecule has 3 aliphatic heterocycles. The Bertz CT molecular complexity index is 724. The molecule has 1 aromatic carbocycles. The molecule has 2 aromatic rings. The molecule has 4 heterocycles. The van der Waals surface area contributed by atoms with E-state index in [1.54, 1.807) is 6.20 Å². The number of nitrogens with one attached hydrogen (secondary N) is 1. The second-order valence-corrected chi connectivity index (χ2v) is 8.20. The number of nitrogens with zero attached hydrogens (tertiary/aromatic N) is 2. The van der Waals surface area contributed by atoms with Crippen LogP contribution in [-0.4, -0.2) is 41.5 Å². The summed E-state index contributed by atoms with van der Waals surface area (Å²) in [5.41, 5.74) is 1.08. The first kappa shape index (κ1) is 15.3. The molecular weight excluding hydrogens is 374 g/mol. The fraction of sp³-hybridized carbons (Fsp3) is 0.412. The normalized spacial score (nSPS) is 26.2. The van der Waals surface area contributed by atoms with Crippen LogP contribution in [0, 0.1) is 5.92 Å². The van der Waals surface area contributed by atoms with E-state index in [2.05, 4.69) is 31.1 Å². The number of piperidine rings is 3. The summed E-state index contributed by atoms with van der Waals surface area (Å²) in [6.07, 6.45) is 4.19.